The molecule has 102 valence electrons. The largest absolute Gasteiger partial charge is 0.493 e. The van der Waals surface area contributed by atoms with Gasteiger partial charge in [0.2, 0.25) is 5.91 Å². The van der Waals surface area contributed by atoms with Crippen LogP contribution in [-0.4, -0.2) is 36.3 Å². The number of benzene rings is 1. The summed E-state index contributed by atoms with van der Waals surface area (Å²) in [7, 11) is 0. The molecule has 0 aliphatic carbocycles. The SMILES string of the molecule is Cc1cccc(OCCC(=O)N2CCC(=O)CC2)c1. The van der Waals surface area contributed by atoms with Crippen molar-refractivity contribution in [2.45, 2.75) is 26.2 Å². The quantitative estimate of drug-likeness (QED) is 0.832. The minimum Gasteiger partial charge on any atom is -0.493 e. The predicted octanol–water partition coefficient (Wildman–Crippen LogP) is 1.96. The van der Waals surface area contributed by atoms with E-state index in [4.69, 9.17) is 4.74 Å². The number of ketones is 1. The Bertz CT molecular complexity index is 460. The summed E-state index contributed by atoms with van der Waals surface area (Å²) in [4.78, 5) is 24.7. The van der Waals surface area contributed by atoms with E-state index in [0.29, 0.717) is 39.0 Å². The second-order valence-corrected chi connectivity index (χ2v) is 4.83. The molecule has 1 aromatic carbocycles. The van der Waals surface area contributed by atoms with Crippen molar-refractivity contribution in [3.05, 3.63) is 29.8 Å². The molecule has 0 aromatic heterocycles. The molecule has 1 heterocycles. The third kappa shape index (κ3) is 4.09. The number of rotatable bonds is 4. The van der Waals surface area contributed by atoms with Gasteiger partial charge >= 0.3 is 0 Å². The Morgan fingerprint density at radius 2 is 2.05 bits per heavy atom. The van der Waals surface area contributed by atoms with Gasteiger partial charge in [-0.1, -0.05) is 12.1 Å². The first-order valence-electron chi connectivity index (χ1n) is 6.64. The van der Waals surface area contributed by atoms with Crippen LogP contribution in [0.25, 0.3) is 0 Å². The normalized spacial score (nSPS) is 15.4. The number of carbonyl (C=O) groups is 2. The van der Waals surface area contributed by atoms with Gasteiger partial charge in [-0.25, -0.2) is 0 Å². The highest BCUT2D eigenvalue weighted by Crippen LogP contribution is 2.13. The summed E-state index contributed by atoms with van der Waals surface area (Å²) >= 11 is 0. The van der Waals surface area contributed by atoms with Gasteiger partial charge < -0.3 is 9.64 Å². The number of nitrogens with zero attached hydrogens (tertiary/aromatic N) is 1. The number of hydrogen-bond acceptors (Lipinski definition) is 3. The zero-order chi connectivity index (χ0) is 13.7. The van der Waals surface area contributed by atoms with Crippen LogP contribution in [0.5, 0.6) is 5.75 Å². The lowest BCUT2D eigenvalue weighted by molar-refractivity contribution is -0.134. The summed E-state index contributed by atoms with van der Waals surface area (Å²) in [5.74, 6) is 1.11. The van der Waals surface area contributed by atoms with Crippen LogP contribution in [-0.2, 0) is 9.59 Å². The van der Waals surface area contributed by atoms with Crippen LogP contribution in [0.3, 0.4) is 0 Å². The zero-order valence-corrected chi connectivity index (χ0v) is 11.2. The van der Waals surface area contributed by atoms with Gasteiger partial charge in [0.1, 0.15) is 11.5 Å². The van der Waals surface area contributed by atoms with Crippen molar-refractivity contribution in [2.24, 2.45) is 0 Å². The van der Waals surface area contributed by atoms with E-state index in [1.54, 1.807) is 4.90 Å². The van der Waals surface area contributed by atoms with Gasteiger partial charge in [0.05, 0.1) is 13.0 Å². The first-order valence-corrected chi connectivity index (χ1v) is 6.64. The fourth-order valence-electron chi connectivity index (χ4n) is 2.12. The van der Waals surface area contributed by atoms with Crippen LogP contribution in [0.2, 0.25) is 0 Å². The topological polar surface area (TPSA) is 46.6 Å². The van der Waals surface area contributed by atoms with Gasteiger partial charge in [-0.2, -0.15) is 0 Å². The smallest absolute Gasteiger partial charge is 0.226 e. The van der Waals surface area contributed by atoms with E-state index in [1.165, 1.54) is 0 Å². The van der Waals surface area contributed by atoms with Crippen molar-refractivity contribution in [2.75, 3.05) is 19.7 Å². The standard InChI is InChI=1S/C15H19NO3/c1-12-3-2-4-14(11-12)19-10-7-15(18)16-8-5-13(17)6-9-16/h2-4,11H,5-10H2,1H3. The van der Waals surface area contributed by atoms with E-state index in [1.807, 2.05) is 31.2 Å². The Morgan fingerprint density at radius 1 is 1.32 bits per heavy atom. The Morgan fingerprint density at radius 3 is 2.74 bits per heavy atom. The molecule has 1 aliphatic rings. The number of carbonyl (C=O) groups excluding carboxylic acids is 2. The third-order valence-corrected chi connectivity index (χ3v) is 3.25. The van der Waals surface area contributed by atoms with Gasteiger partial charge in [-0.15, -0.1) is 0 Å². The van der Waals surface area contributed by atoms with Crippen LogP contribution >= 0.6 is 0 Å². The first kappa shape index (κ1) is 13.6. The number of amides is 1. The second-order valence-electron chi connectivity index (χ2n) is 4.83. The maximum Gasteiger partial charge on any atom is 0.226 e. The average Bonchev–Trinajstić information content (AvgIpc) is 2.39. The van der Waals surface area contributed by atoms with Crippen molar-refractivity contribution < 1.29 is 14.3 Å². The van der Waals surface area contributed by atoms with E-state index in [0.717, 1.165) is 11.3 Å². The first-order chi connectivity index (χ1) is 9.15. The van der Waals surface area contributed by atoms with Crippen molar-refractivity contribution >= 4 is 11.7 Å². The van der Waals surface area contributed by atoms with E-state index >= 15 is 0 Å². The van der Waals surface area contributed by atoms with Gasteiger partial charge in [0.15, 0.2) is 0 Å². The lowest BCUT2D eigenvalue weighted by Crippen LogP contribution is -2.39. The van der Waals surface area contributed by atoms with Crippen LogP contribution < -0.4 is 4.74 Å². The van der Waals surface area contributed by atoms with Crippen LogP contribution in [0.15, 0.2) is 24.3 Å². The summed E-state index contributed by atoms with van der Waals surface area (Å²) < 4.78 is 5.55. The molecule has 19 heavy (non-hydrogen) atoms. The monoisotopic (exact) mass is 261 g/mol. The van der Waals surface area contributed by atoms with Crippen LogP contribution in [0.1, 0.15) is 24.8 Å². The Hall–Kier alpha value is -1.84. The molecular weight excluding hydrogens is 242 g/mol. The highest BCUT2D eigenvalue weighted by atomic mass is 16.5. The van der Waals surface area contributed by atoms with E-state index < -0.39 is 0 Å². The zero-order valence-electron chi connectivity index (χ0n) is 11.2. The summed E-state index contributed by atoms with van der Waals surface area (Å²) in [6.07, 6.45) is 1.34. The second kappa shape index (κ2) is 6.36. The highest BCUT2D eigenvalue weighted by Gasteiger charge is 2.20. The van der Waals surface area contributed by atoms with Crippen molar-refractivity contribution in [3.63, 3.8) is 0 Å². The van der Waals surface area contributed by atoms with E-state index in [9.17, 15) is 9.59 Å². The number of piperidine rings is 1. The molecule has 1 aromatic rings. The molecule has 4 heteroatoms. The summed E-state index contributed by atoms with van der Waals surface area (Å²) in [5.41, 5.74) is 1.14. The maximum absolute atomic E-state index is 11.9. The number of hydrogen-bond donors (Lipinski definition) is 0. The minimum absolute atomic E-state index is 0.0696. The van der Waals surface area contributed by atoms with E-state index in [2.05, 4.69) is 0 Å². The summed E-state index contributed by atoms with van der Waals surface area (Å²) in [6.45, 7) is 3.50. The lowest BCUT2D eigenvalue weighted by Gasteiger charge is -2.26. The molecule has 0 saturated carbocycles. The van der Waals surface area contributed by atoms with Crippen LogP contribution in [0.4, 0.5) is 0 Å². The molecule has 1 saturated heterocycles. The molecule has 2 rings (SSSR count). The average molecular weight is 261 g/mol. The molecular formula is C15H19NO3. The van der Waals surface area contributed by atoms with Crippen molar-refractivity contribution in [1.29, 1.82) is 0 Å². The molecule has 4 nitrogen and oxygen atoms in total. The van der Waals surface area contributed by atoms with Gasteiger partial charge in [0, 0.05) is 25.9 Å². The molecule has 0 bridgehead atoms. The molecule has 1 amide bonds. The predicted molar refractivity (Wildman–Crippen MR) is 72.1 cm³/mol. The minimum atomic E-state index is 0.0696. The molecule has 0 radical (unpaired) electrons. The Kier molecular flexibility index (Phi) is 4.55. The summed E-state index contributed by atoms with van der Waals surface area (Å²) in [5, 5.41) is 0. The number of Topliss-reactive ketones (excluding diaryl/α,β-unsaturated/α-hetero) is 1. The van der Waals surface area contributed by atoms with Gasteiger partial charge in [-0.05, 0) is 24.6 Å². The van der Waals surface area contributed by atoms with Gasteiger partial charge in [-0.3, -0.25) is 9.59 Å². The fraction of sp³-hybridized carbons (Fsp3) is 0.467. The molecule has 1 fully saturated rings. The fourth-order valence-corrected chi connectivity index (χ4v) is 2.12. The third-order valence-electron chi connectivity index (χ3n) is 3.25. The summed E-state index contributed by atoms with van der Waals surface area (Å²) in [6, 6.07) is 7.77. The van der Waals surface area contributed by atoms with Gasteiger partial charge in [0.25, 0.3) is 0 Å². The molecule has 0 spiro atoms. The van der Waals surface area contributed by atoms with Crippen LogP contribution in [0, 0.1) is 6.92 Å². The molecule has 0 atom stereocenters. The highest BCUT2D eigenvalue weighted by molar-refractivity contribution is 5.83. The molecule has 0 N–H and O–H groups in total. The number of ether oxygens (including phenoxy) is 1. The molecule has 0 unspecified atom stereocenters. The lowest BCUT2D eigenvalue weighted by atomic mass is 10.1. The number of aryl methyl sites for hydroxylation is 1. The Balaban J connectivity index is 1.73. The van der Waals surface area contributed by atoms with Crippen molar-refractivity contribution in [3.8, 4) is 5.75 Å². The Labute approximate surface area is 113 Å². The molecule has 1 aliphatic heterocycles. The maximum atomic E-state index is 11.9. The van der Waals surface area contributed by atoms with Crippen molar-refractivity contribution in [1.82, 2.24) is 4.90 Å². The van der Waals surface area contributed by atoms with E-state index in [-0.39, 0.29) is 11.7 Å². The number of likely N-dealkylation sites (tertiary alicyclic amines) is 1.